The zero-order valence-corrected chi connectivity index (χ0v) is 17.9. The van der Waals surface area contributed by atoms with Crippen LogP contribution < -0.4 is 4.90 Å². The molecule has 28 heavy (non-hydrogen) atoms. The standard InChI is InChI=1S/C22H36N4O2/c1-18-6-5-7-20(14-18)26-10-8-22(28,9-11-26)17-25-13-12-24(4)15-19(16-25)21(27)23(2)3/h5-7,14,19,28H,8-13,15-17H2,1-4H3/t19-/m0/s1. The van der Waals surface area contributed by atoms with E-state index in [0.29, 0.717) is 6.54 Å². The minimum atomic E-state index is -0.672. The van der Waals surface area contributed by atoms with Crippen LogP contribution in [0.2, 0.25) is 0 Å². The van der Waals surface area contributed by atoms with Gasteiger partial charge in [0.25, 0.3) is 0 Å². The number of benzene rings is 1. The molecule has 2 fully saturated rings. The van der Waals surface area contributed by atoms with Crippen LogP contribution in [-0.2, 0) is 4.79 Å². The number of piperidine rings is 1. The highest BCUT2D eigenvalue weighted by Crippen LogP contribution is 2.28. The molecular formula is C22H36N4O2. The summed E-state index contributed by atoms with van der Waals surface area (Å²) in [6, 6.07) is 8.58. The number of aryl methyl sites for hydroxylation is 1. The molecule has 2 saturated heterocycles. The lowest BCUT2D eigenvalue weighted by Gasteiger charge is -2.42. The molecule has 0 spiro atoms. The predicted molar refractivity (Wildman–Crippen MR) is 114 cm³/mol. The predicted octanol–water partition coefficient (Wildman–Crippen LogP) is 1.28. The molecule has 0 aliphatic carbocycles. The van der Waals surface area contributed by atoms with Gasteiger partial charge in [-0.05, 0) is 44.5 Å². The molecule has 3 rings (SSSR count). The molecule has 156 valence electrons. The number of nitrogens with zero attached hydrogens (tertiary/aromatic N) is 4. The lowest BCUT2D eigenvalue weighted by Crippen LogP contribution is -2.52. The normalized spacial score (nSPS) is 24.0. The summed E-state index contributed by atoms with van der Waals surface area (Å²) in [5.41, 5.74) is 1.84. The number of carbonyl (C=O) groups is 1. The van der Waals surface area contributed by atoms with Crippen molar-refractivity contribution in [3.05, 3.63) is 29.8 Å². The number of amides is 1. The number of anilines is 1. The molecule has 0 bridgehead atoms. The van der Waals surface area contributed by atoms with Crippen LogP contribution in [-0.4, -0.2) is 98.3 Å². The molecule has 6 nitrogen and oxygen atoms in total. The summed E-state index contributed by atoms with van der Waals surface area (Å²) in [4.78, 5) is 21.1. The number of hydrogen-bond donors (Lipinski definition) is 1. The van der Waals surface area contributed by atoms with E-state index in [9.17, 15) is 9.90 Å². The molecule has 1 aromatic rings. The summed E-state index contributed by atoms with van der Waals surface area (Å²) in [5, 5.41) is 11.3. The van der Waals surface area contributed by atoms with Crippen molar-refractivity contribution in [2.75, 3.05) is 71.9 Å². The highest BCUT2D eigenvalue weighted by atomic mass is 16.3. The fraction of sp³-hybridized carbons (Fsp3) is 0.682. The van der Waals surface area contributed by atoms with E-state index >= 15 is 0 Å². The third kappa shape index (κ3) is 5.25. The van der Waals surface area contributed by atoms with Crippen LogP contribution in [0.15, 0.2) is 24.3 Å². The van der Waals surface area contributed by atoms with Crippen molar-refractivity contribution >= 4 is 11.6 Å². The van der Waals surface area contributed by atoms with Crippen LogP contribution in [0.3, 0.4) is 0 Å². The van der Waals surface area contributed by atoms with Crippen LogP contribution in [0.4, 0.5) is 5.69 Å². The van der Waals surface area contributed by atoms with Gasteiger partial charge in [-0.25, -0.2) is 0 Å². The largest absolute Gasteiger partial charge is 0.388 e. The maximum absolute atomic E-state index is 12.5. The Morgan fingerprint density at radius 2 is 1.89 bits per heavy atom. The van der Waals surface area contributed by atoms with Gasteiger partial charge in [0.1, 0.15) is 0 Å². The second-order valence-electron chi connectivity index (χ2n) is 8.98. The van der Waals surface area contributed by atoms with Gasteiger partial charge in [-0.2, -0.15) is 0 Å². The molecule has 1 aromatic carbocycles. The molecule has 1 N–H and O–H groups in total. The topological polar surface area (TPSA) is 50.3 Å². The number of aliphatic hydroxyl groups is 1. The van der Waals surface area contributed by atoms with Gasteiger partial charge in [0.2, 0.25) is 5.91 Å². The molecule has 0 saturated carbocycles. The Balaban J connectivity index is 1.60. The summed E-state index contributed by atoms with van der Waals surface area (Å²) < 4.78 is 0. The molecule has 1 amide bonds. The number of β-amino-alcohol motifs (C(OH)–C–C–N with tert-alkyl or cyclic N) is 1. The first-order valence-corrected chi connectivity index (χ1v) is 10.4. The Hall–Kier alpha value is -1.63. The molecule has 6 heteroatoms. The van der Waals surface area contributed by atoms with Gasteiger partial charge in [0.05, 0.1) is 11.5 Å². The van der Waals surface area contributed by atoms with Crippen molar-refractivity contribution in [1.82, 2.24) is 14.7 Å². The smallest absolute Gasteiger partial charge is 0.227 e. The summed E-state index contributed by atoms with van der Waals surface area (Å²) in [6.45, 7) is 7.85. The second kappa shape index (κ2) is 8.80. The highest BCUT2D eigenvalue weighted by Gasteiger charge is 2.36. The number of rotatable bonds is 4. The monoisotopic (exact) mass is 388 g/mol. The first-order chi connectivity index (χ1) is 13.3. The quantitative estimate of drug-likeness (QED) is 0.842. The molecule has 0 unspecified atom stereocenters. The zero-order chi connectivity index (χ0) is 20.3. The van der Waals surface area contributed by atoms with Crippen molar-refractivity contribution in [3.63, 3.8) is 0 Å². The Bertz CT molecular complexity index is 670. The van der Waals surface area contributed by atoms with E-state index in [-0.39, 0.29) is 11.8 Å². The van der Waals surface area contributed by atoms with Gasteiger partial charge in [-0.15, -0.1) is 0 Å². The van der Waals surface area contributed by atoms with E-state index in [4.69, 9.17) is 0 Å². The van der Waals surface area contributed by atoms with Crippen molar-refractivity contribution in [1.29, 1.82) is 0 Å². The minimum Gasteiger partial charge on any atom is -0.388 e. The van der Waals surface area contributed by atoms with Crippen LogP contribution in [0.5, 0.6) is 0 Å². The van der Waals surface area contributed by atoms with E-state index in [2.05, 4.69) is 52.9 Å². The Kier molecular flexibility index (Phi) is 6.63. The molecule has 2 heterocycles. The molecule has 2 aliphatic rings. The first kappa shape index (κ1) is 21.1. The third-order valence-corrected chi connectivity index (χ3v) is 6.18. The summed E-state index contributed by atoms with van der Waals surface area (Å²) >= 11 is 0. The Labute approximate surface area is 169 Å². The molecule has 0 radical (unpaired) electrons. The van der Waals surface area contributed by atoms with E-state index in [0.717, 1.165) is 52.1 Å². The van der Waals surface area contributed by atoms with Crippen LogP contribution in [0.1, 0.15) is 18.4 Å². The maximum Gasteiger partial charge on any atom is 0.227 e. The Morgan fingerprint density at radius 3 is 2.54 bits per heavy atom. The van der Waals surface area contributed by atoms with Gasteiger partial charge in [-0.3, -0.25) is 9.69 Å². The van der Waals surface area contributed by atoms with Crippen molar-refractivity contribution in [2.45, 2.75) is 25.4 Å². The van der Waals surface area contributed by atoms with Crippen molar-refractivity contribution < 1.29 is 9.90 Å². The van der Waals surface area contributed by atoms with E-state index in [1.165, 1.54) is 11.3 Å². The number of likely N-dealkylation sites (N-methyl/N-ethyl adjacent to an activating group) is 1. The van der Waals surface area contributed by atoms with Gasteiger partial charge < -0.3 is 19.8 Å². The minimum absolute atomic E-state index is 0.0292. The summed E-state index contributed by atoms with van der Waals surface area (Å²) in [7, 11) is 5.73. The van der Waals surface area contributed by atoms with Gasteiger partial charge in [0, 0.05) is 65.6 Å². The highest BCUT2D eigenvalue weighted by molar-refractivity contribution is 5.78. The van der Waals surface area contributed by atoms with E-state index < -0.39 is 5.60 Å². The lowest BCUT2D eigenvalue weighted by atomic mass is 9.90. The zero-order valence-electron chi connectivity index (χ0n) is 17.9. The van der Waals surface area contributed by atoms with Gasteiger partial charge in [-0.1, -0.05) is 12.1 Å². The lowest BCUT2D eigenvalue weighted by molar-refractivity contribution is -0.134. The molecule has 2 aliphatic heterocycles. The summed E-state index contributed by atoms with van der Waals surface area (Å²) in [6.07, 6.45) is 1.53. The summed E-state index contributed by atoms with van der Waals surface area (Å²) in [5.74, 6) is 0.151. The average molecular weight is 389 g/mol. The number of hydrogen-bond acceptors (Lipinski definition) is 5. The maximum atomic E-state index is 12.5. The SMILES string of the molecule is Cc1cccc(N2CCC(O)(CN3CCN(C)C[C@H](C(=O)N(C)C)C3)CC2)c1. The van der Waals surface area contributed by atoms with Gasteiger partial charge in [0.15, 0.2) is 0 Å². The third-order valence-electron chi connectivity index (χ3n) is 6.18. The second-order valence-corrected chi connectivity index (χ2v) is 8.98. The van der Waals surface area contributed by atoms with E-state index in [1.54, 1.807) is 4.90 Å². The molecular weight excluding hydrogens is 352 g/mol. The fourth-order valence-electron chi connectivity index (χ4n) is 4.49. The van der Waals surface area contributed by atoms with Gasteiger partial charge >= 0.3 is 0 Å². The van der Waals surface area contributed by atoms with E-state index in [1.807, 2.05) is 14.1 Å². The van der Waals surface area contributed by atoms with Crippen molar-refractivity contribution in [3.8, 4) is 0 Å². The average Bonchev–Trinajstić information content (AvgIpc) is 2.83. The van der Waals surface area contributed by atoms with Crippen LogP contribution in [0, 0.1) is 12.8 Å². The first-order valence-electron chi connectivity index (χ1n) is 10.4. The Morgan fingerprint density at radius 1 is 1.18 bits per heavy atom. The van der Waals surface area contributed by atoms with Crippen LogP contribution in [0.25, 0.3) is 0 Å². The number of carbonyl (C=O) groups excluding carboxylic acids is 1. The van der Waals surface area contributed by atoms with Crippen LogP contribution >= 0.6 is 0 Å². The molecule has 1 atom stereocenters. The molecule has 0 aromatic heterocycles. The fourth-order valence-corrected chi connectivity index (χ4v) is 4.49. The van der Waals surface area contributed by atoms with Crippen molar-refractivity contribution in [2.24, 2.45) is 5.92 Å².